The fourth-order valence-corrected chi connectivity index (χ4v) is 2.14. The Balaban J connectivity index is 1.81. The highest BCUT2D eigenvalue weighted by molar-refractivity contribution is 5.34. The van der Waals surface area contributed by atoms with Gasteiger partial charge >= 0.3 is 0 Å². The Kier molecular flexibility index (Phi) is 4.92. The molecule has 0 amide bonds. The summed E-state index contributed by atoms with van der Waals surface area (Å²) in [4.78, 5) is 4.09. The largest absolute Gasteiger partial charge is 0.508 e. The maximum Gasteiger partial charge on any atom is 0.137 e. The van der Waals surface area contributed by atoms with Gasteiger partial charge in [0.15, 0.2) is 0 Å². The second kappa shape index (κ2) is 6.89. The molecule has 0 aliphatic heterocycles. The van der Waals surface area contributed by atoms with Crippen LogP contribution in [0.3, 0.4) is 0 Å². The minimum Gasteiger partial charge on any atom is -0.508 e. The summed E-state index contributed by atoms with van der Waals surface area (Å²) in [6.45, 7) is 2.99. The molecule has 1 aromatic carbocycles. The molecule has 1 unspecified atom stereocenters. The number of nitrogens with one attached hydrogen (secondary N) is 2. The third-order valence-electron chi connectivity index (χ3n) is 3.17. The van der Waals surface area contributed by atoms with E-state index in [0.717, 1.165) is 37.2 Å². The topological polar surface area (TPSA) is 73.8 Å². The zero-order valence-corrected chi connectivity index (χ0v) is 11.1. The minimum absolute atomic E-state index is 0.191. The van der Waals surface area contributed by atoms with E-state index in [1.807, 2.05) is 18.2 Å². The third kappa shape index (κ3) is 3.79. The van der Waals surface area contributed by atoms with Crippen molar-refractivity contribution in [3.63, 3.8) is 0 Å². The summed E-state index contributed by atoms with van der Waals surface area (Å²) in [5.41, 5.74) is 0.963. The molecule has 2 rings (SSSR count). The molecule has 0 fully saturated rings. The van der Waals surface area contributed by atoms with E-state index in [0.29, 0.717) is 5.75 Å². The number of aromatic amines is 1. The predicted octanol–water partition coefficient (Wildman–Crippen LogP) is 2.18. The number of phenolic OH excluding ortho intramolecular Hbond substituents is 1. The molecule has 5 heteroatoms. The van der Waals surface area contributed by atoms with Crippen LogP contribution in [0.2, 0.25) is 0 Å². The van der Waals surface area contributed by atoms with Gasteiger partial charge in [0.2, 0.25) is 0 Å². The number of aromatic hydroxyl groups is 1. The smallest absolute Gasteiger partial charge is 0.137 e. The number of benzene rings is 1. The first-order valence-electron chi connectivity index (χ1n) is 6.66. The van der Waals surface area contributed by atoms with Crippen molar-refractivity contribution in [1.82, 2.24) is 20.5 Å². The second-order valence-corrected chi connectivity index (χ2v) is 4.51. The Morgan fingerprint density at radius 3 is 2.89 bits per heavy atom. The van der Waals surface area contributed by atoms with Crippen LogP contribution in [0.1, 0.15) is 37.2 Å². The molecule has 0 aliphatic carbocycles. The van der Waals surface area contributed by atoms with E-state index in [1.54, 1.807) is 6.07 Å². The SMILES string of the molecule is CCC(NCCCc1ncn[nH]1)c1ccccc1O. The van der Waals surface area contributed by atoms with Gasteiger partial charge in [0.25, 0.3) is 0 Å². The van der Waals surface area contributed by atoms with E-state index in [1.165, 1.54) is 6.33 Å². The summed E-state index contributed by atoms with van der Waals surface area (Å²) in [7, 11) is 0. The molecule has 1 atom stereocenters. The lowest BCUT2D eigenvalue weighted by Crippen LogP contribution is -2.22. The highest BCUT2D eigenvalue weighted by Gasteiger charge is 2.11. The van der Waals surface area contributed by atoms with Crippen LogP contribution in [0.25, 0.3) is 0 Å². The van der Waals surface area contributed by atoms with E-state index >= 15 is 0 Å². The molecule has 0 bridgehead atoms. The number of rotatable bonds is 7. The summed E-state index contributed by atoms with van der Waals surface area (Å²) < 4.78 is 0. The van der Waals surface area contributed by atoms with Gasteiger partial charge in [-0.1, -0.05) is 25.1 Å². The maximum absolute atomic E-state index is 9.86. The number of aromatic nitrogens is 3. The number of phenols is 1. The van der Waals surface area contributed by atoms with Crippen molar-refractivity contribution in [3.8, 4) is 5.75 Å². The van der Waals surface area contributed by atoms with Crippen molar-refractivity contribution >= 4 is 0 Å². The maximum atomic E-state index is 9.86. The fourth-order valence-electron chi connectivity index (χ4n) is 2.14. The van der Waals surface area contributed by atoms with Crippen molar-refractivity contribution in [1.29, 1.82) is 0 Å². The van der Waals surface area contributed by atoms with Crippen molar-refractivity contribution < 1.29 is 5.11 Å². The molecule has 0 saturated carbocycles. The van der Waals surface area contributed by atoms with Crippen LogP contribution in [-0.4, -0.2) is 26.8 Å². The van der Waals surface area contributed by atoms with Crippen LogP contribution in [-0.2, 0) is 6.42 Å². The Morgan fingerprint density at radius 2 is 2.21 bits per heavy atom. The third-order valence-corrected chi connectivity index (χ3v) is 3.17. The predicted molar refractivity (Wildman–Crippen MR) is 73.8 cm³/mol. The monoisotopic (exact) mass is 260 g/mol. The van der Waals surface area contributed by atoms with Gasteiger partial charge in [0.05, 0.1) is 0 Å². The molecular formula is C14H20N4O. The lowest BCUT2D eigenvalue weighted by atomic mass is 10.0. The Labute approximate surface area is 113 Å². The Hall–Kier alpha value is -1.88. The molecule has 1 heterocycles. The lowest BCUT2D eigenvalue weighted by Gasteiger charge is -2.18. The van der Waals surface area contributed by atoms with Crippen molar-refractivity contribution in [2.24, 2.45) is 0 Å². The van der Waals surface area contributed by atoms with Crippen LogP contribution in [0.15, 0.2) is 30.6 Å². The second-order valence-electron chi connectivity index (χ2n) is 4.51. The van der Waals surface area contributed by atoms with Gasteiger partial charge in [-0.15, -0.1) is 0 Å². The first-order chi connectivity index (χ1) is 9.31. The highest BCUT2D eigenvalue weighted by atomic mass is 16.3. The summed E-state index contributed by atoms with van der Waals surface area (Å²) in [5, 5.41) is 20.0. The average molecular weight is 260 g/mol. The van der Waals surface area contributed by atoms with Crippen LogP contribution in [0, 0.1) is 0 Å². The van der Waals surface area contributed by atoms with Crippen molar-refractivity contribution in [2.45, 2.75) is 32.2 Å². The zero-order valence-electron chi connectivity index (χ0n) is 11.1. The van der Waals surface area contributed by atoms with Gasteiger partial charge in [-0.25, -0.2) is 4.98 Å². The standard InChI is InChI=1S/C14H20N4O/c1-2-12(11-6-3-4-7-13(11)19)15-9-5-8-14-16-10-17-18-14/h3-4,6-7,10,12,15,19H,2,5,8-9H2,1H3,(H,16,17,18). The molecule has 5 nitrogen and oxygen atoms in total. The van der Waals surface area contributed by atoms with Gasteiger partial charge in [-0.3, -0.25) is 5.10 Å². The van der Waals surface area contributed by atoms with Crippen LogP contribution < -0.4 is 5.32 Å². The Morgan fingerprint density at radius 1 is 1.37 bits per heavy atom. The van der Waals surface area contributed by atoms with E-state index in [-0.39, 0.29) is 6.04 Å². The molecule has 1 aromatic heterocycles. The van der Waals surface area contributed by atoms with E-state index in [9.17, 15) is 5.11 Å². The van der Waals surface area contributed by atoms with Gasteiger partial charge < -0.3 is 10.4 Å². The van der Waals surface area contributed by atoms with Gasteiger partial charge in [-0.05, 0) is 25.5 Å². The first-order valence-corrected chi connectivity index (χ1v) is 6.66. The number of aryl methyl sites for hydroxylation is 1. The van der Waals surface area contributed by atoms with Crippen molar-refractivity contribution in [3.05, 3.63) is 42.0 Å². The first kappa shape index (κ1) is 13.5. The van der Waals surface area contributed by atoms with Crippen LogP contribution in [0.4, 0.5) is 0 Å². The van der Waals surface area contributed by atoms with E-state index in [2.05, 4.69) is 27.4 Å². The summed E-state index contributed by atoms with van der Waals surface area (Å²) >= 11 is 0. The molecule has 3 N–H and O–H groups in total. The molecule has 102 valence electrons. The molecule has 0 spiro atoms. The summed E-state index contributed by atoms with van der Waals surface area (Å²) in [6.07, 6.45) is 4.34. The highest BCUT2D eigenvalue weighted by Crippen LogP contribution is 2.25. The fraction of sp³-hybridized carbons (Fsp3) is 0.429. The number of hydrogen-bond acceptors (Lipinski definition) is 4. The number of nitrogens with zero attached hydrogens (tertiary/aromatic N) is 2. The van der Waals surface area contributed by atoms with E-state index < -0.39 is 0 Å². The summed E-state index contributed by atoms with van der Waals surface area (Å²) in [5.74, 6) is 1.27. The summed E-state index contributed by atoms with van der Waals surface area (Å²) in [6, 6.07) is 7.68. The quantitative estimate of drug-likeness (QED) is 0.667. The Bertz CT molecular complexity index is 484. The molecule has 0 radical (unpaired) electrons. The normalized spacial score (nSPS) is 12.5. The molecule has 0 saturated heterocycles. The molecule has 0 aliphatic rings. The minimum atomic E-state index is 0.191. The number of hydrogen-bond donors (Lipinski definition) is 3. The van der Waals surface area contributed by atoms with Crippen LogP contribution >= 0.6 is 0 Å². The van der Waals surface area contributed by atoms with Gasteiger partial charge in [0.1, 0.15) is 17.9 Å². The molecule has 19 heavy (non-hydrogen) atoms. The van der Waals surface area contributed by atoms with E-state index in [4.69, 9.17) is 0 Å². The molecular weight excluding hydrogens is 240 g/mol. The van der Waals surface area contributed by atoms with Crippen LogP contribution in [0.5, 0.6) is 5.75 Å². The van der Waals surface area contributed by atoms with Gasteiger partial charge in [-0.2, -0.15) is 5.10 Å². The average Bonchev–Trinajstić information content (AvgIpc) is 2.93. The van der Waals surface area contributed by atoms with Crippen molar-refractivity contribution in [2.75, 3.05) is 6.54 Å². The molecule has 2 aromatic rings. The zero-order chi connectivity index (χ0) is 13.5. The number of para-hydroxylation sites is 1. The van der Waals surface area contributed by atoms with Gasteiger partial charge in [0, 0.05) is 18.0 Å². The number of H-pyrrole nitrogens is 1. The lowest BCUT2D eigenvalue weighted by molar-refractivity contribution is 0.439.